The Balaban J connectivity index is 1.83. The van der Waals surface area contributed by atoms with Gasteiger partial charge in [-0.1, -0.05) is 13.8 Å². The van der Waals surface area contributed by atoms with Crippen molar-refractivity contribution in [2.75, 3.05) is 33.3 Å². The Kier molecular flexibility index (Phi) is 5.05. The normalized spacial score (nSPS) is 25.8. The van der Waals surface area contributed by atoms with E-state index in [0.29, 0.717) is 11.5 Å². The van der Waals surface area contributed by atoms with Crippen molar-refractivity contribution in [2.45, 2.75) is 58.1 Å². The highest BCUT2D eigenvalue weighted by molar-refractivity contribution is 4.90. The zero-order valence-electron chi connectivity index (χ0n) is 12.4. The Labute approximate surface area is 112 Å². The average Bonchev–Trinajstić information content (AvgIpc) is 3.13. The molecule has 0 amide bonds. The third kappa shape index (κ3) is 3.69. The van der Waals surface area contributed by atoms with Crippen LogP contribution < -0.4 is 5.32 Å². The zero-order valence-corrected chi connectivity index (χ0v) is 12.4. The molecule has 18 heavy (non-hydrogen) atoms. The summed E-state index contributed by atoms with van der Waals surface area (Å²) in [5.74, 6) is 0. The van der Waals surface area contributed by atoms with E-state index in [2.05, 4.69) is 24.1 Å². The molecule has 0 aromatic carbocycles. The second kappa shape index (κ2) is 6.36. The molecule has 1 atom stereocenters. The van der Waals surface area contributed by atoms with Crippen molar-refractivity contribution in [3.05, 3.63) is 0 Å². The molecule has 2 fully saturated rings. The molecule has 1 N–H and O–H groups in total. The highest BCUT2D eigenvalue weighted by Crippen LogP contribution is 2.30. The van der Waals surface area contributed by atoms with Gasteiger partial charge >= 0.3 is 0 Å². The monoisotopic (exact) mass is 254 g/mol. The molecular weight excluding hydrogens is 224 g/mol. The average molecular weight is 254 g/mol. The number of ether oxygens (including phenoxy) is 1. The van der Waals surface area contributed by atoms with Gasteiger partial charge in [-0.2, -0.15) is 0 Å². The number of rotatable bonds is 8. The van der Waals surface area contributed by atoms with E-state index in [1.807, 2.05) is 7.11 Å². The molecule has 2 rings (SSSR count). The quantitative estimate of drug-likeness (QED) is 0.719. The molecular formula is C15H30N2O. The smallest absolute Gasteiger partial charge is 0.0710 e. The van der Waals surface area contributed by atoms with Gasteiger partial charge in [-0.15, -0.1) is 0 Å². The summed E-state index contributed by atoms with van der Waals surface area (Å²) in [6.45, 7) is 9.47. The topological polar surface area (TPSA) is 24.5 Å². The second-order valence-electron chi connectivity index (χ2n) is 6.24. The Hall–Kier alpha value is -0.120. The van der Waals surface area contributed by atoms with Crippen molar-refractivity contribution < 1.29 is 4.74 Å². The fourth-order valence-electron chi connectivity index (χ4n) is 3.04. The first-order chi connectivity index (χ1) is 8.71. The standard InChI is InChI=1S/C15H30N2O/c1-4-15(5-2,11-16-13-6-7-13)12-17-9-8-14(10-17)18-3/h13-14,16H,4-12H2,1-3H3. The zero-order chi connectivity index (χ0) is 13.0. The number of nitrogens with zero attached hydrogens (tertiary/aromatic N) is 1. The van der Waals surface area contributed by atoms with Crippen LogP contribution in [0.3, 0.4) is 0 Å². The molecule has 1 saturated carbocycles. The van der Waals surface area contributed by atoms with Crippen LogP contribution >= 0.6 is 0 Å². The maximum Gasteiger partial charge on any atom is 0.0710 e. The van der Waals surface area contributed by atoms with Crippen LogP contribution in [0.4, 0.5) is 0 Å². The van der Waals surface area contributed by atoms with Gasteiger partial charge in [0.25, 0.3) is 0 Å². The molecule has 0 aromatic rings. The lowest BCUT2D eigenvalue weighted by Crippen LogP contribution is -2.43. The van der Waals surface area contributed by atoms with E-state index in [0.717, 1.165) is 12.6 Å². The number of likely N-dealkylation sites (tertiary alicyclic amines) is 1. The highest BCUT2D eigenvalue weighted by atomic mass is 16.5. The Morgan fingerprint density at radius 3 is 2.44 bits per heavy atom. The van der Waals surface area contributed by atoms with Gasteiger partial charge in [0.05, 0.1) is 6.10 Å². The van der Waals surface area contributed by atoms with Crippen LogP contribution in [0.15, 0.2) is 0 Å². The maximum absolute atomic E-state index is 5.47. The minimum atomic E-state index is 0.464. The van der Waals surface area contributed by atoms with Crippen molar-refractivity contribution in [1.82, 2.24) is 10.2 Å². The fourth-order valence-corrected chi connectivity index (χ4v) is 3.04. The van der Waals surface area contributed by atoms with Gasteiger partial charge in [0.2, 0.25) is 0 Å². The van der Waals surface area contributed by atoms with Crippen LogP contribution in [-0.4, -0.2) is 50.3 Å². The number of nitrogens with one attached hydrogen (secondary N) is 1. The minimum Gasteiger partial charge on any atom is -0.380 e. The summed E-state index contributed by atoms with van der Waals surface area (Å²) < 4.78 is 5.47. The maximum atomic E-state index is 5.47. The van der Waals surface area contributed by atoms with E-state index in [1.165, 1.54) is 51.7 Å². The first-order valence-corrected chi connectivity index (χ1v) is 7.70. The van der Waals surface area contributed by atoms with E-state index in [9.17, 15) is 0 Å². The van der Waals surface area contributed by atoms with Gasteiger partial charge < -0.3 is 15.0 Å². The summed E-state index contributed by atoms with van der Waals surface area (Å²) in [7, 11) is 1.84. The second-order valence-corrected chi connectivity index (χ2v) is 6.24. The third-order valence-electron chi connectivity index (χ3n) is 4.96. The number of methoxy groups -OCH3 is 1. The number of hydrogen-bond acceptors (Lipinski definition) is 3. The third-order valence-corrected chi connectivity index (χ3v) is 4.96. The Morgan fingerprint density at radius 1 is 1.22 bits per heavy atom. The predicted octanol–water partition coefficient (Wildman–Crippen LogP) is 2.27. The van der Waals surface area contributed by atoms with Gasteiger partial charge in [0, 0.05) is 39.3 Å². The summed E-state index contributed by atoms with van der Waals surface area (Å²) in [6, 6.07) is 0.827. The van der Waals surface area contributed by atoms with Crippen molar-refractivity contribution in [2.24, 2.45) is 5.41 Å². The molecule has 3 nitrogen and oxygen atoms in total. The van der Waals surface area contributed by atoms with Crippen LogP contribution in [0.25, 0.3) is 0 Å². The molecule has 0 spiro atoms. The molecule has 1 saturated heterocycles. The summed E-state index contributed by atoms with van der Waals surface area (Å²) in [4.78, 5) is 2.61. The fraction of sp³-hybridized carbons (Fsp3) is 1.00. The van der Waals surface area contributed by atoms with E-state index >= 15 is 0 Å². The highest BCUT2D eigenvalue weighted by Gasteiger charge is 2.33. The lowest BCUT2D eigenvalue weighted by atomic mass is 9.81. The van der Waals surface area contributed by atoms with Crippen molar-refractivity contribution in [1.29, 1.82) is 0 Å². The predicted molar refractivity (Wildman–Crippen MR) is 75.9 cm³/mol. The van der Waals surface area contributed by atoms with Crippen LogP contribution in [-0.2, 0) is 4.74 Å². The van der Waals surface area contributed by atoms with E-state index in [-0.39, 0.29) is 0 Å². The molecule has 0 aromatic heterocycles. The largest absolute Gasteiger partial charge is 0.380 e. The van der Waals surface area contributed by atoms with E-state index in [4.69, 9.17) is 4.74 Å². The summed E-state index contributed by atoms with van der Waals surface area (Å²) in [5, 5.41) is 3.74. The molecule has 1 aliphatic carbocycles. The minimum absolute atomic E-state index is 0.464. The van der Waals surface area contributed by atoms with Crippen LogP contribution in [0.5, 0.6) is 0 Å². The van der Waals surface area contributed by atoms with Gasteiger partial charge in [-0.05, 0) is 37.5 Å². The molecule has 0 bridgehead atoms. The van der Waals surface area contributed by atoms with E-state index < -0.39 is 0 Å². The Bertz CT molecular complexity index is 249. The van der Waals surface area contributed by atoms with E-state index in [1.54, 1.807) is 0 Å². The van der Waals surface area contributed by atoms with Gasteiger partial charge in [-0.25, -0.2) is 0 Å². The molecule has 2 aliphatic rings. The van der Waals surface area contributed by atoms with Gasteiger partial charge in [0.1, 0.15) is 0 Å². The molecule has 1 unspecified atom stereocenters. The van der Waals surface area contributed by atoms with Crippen molar-refractivity contribution in [3.63, 3.8) is 0 Å². The lowest BCUT2D eigenvalue weighted by Gasteiger charge is -2.36. The van der Waals surface area contributed by atoms with Gasteiger partial charge in [-0.3, -0.25) is 0 Å². The van der Waals surface area contributed by atoms with Crippen LogP contribution in [0.2, 0.25) is 0 Å². The van der Waals surface area contributed by atoms with Crippen LogP contribution in [0.1, 0.15) is 46.0 Å². The van der Waals surface area contributed by atoms with Crippen molar-refractivity contribution in [3.8, 4) is 0 Å². The molecule has 0 radical (unpaired) electrons. The summed E-state index contributed by atoms with van der Waals surface area (Å²) >= 11 is 0. The Morgan fingerprint density at radius 2 is 1.94 bits per heavy atom. The van der Waals surface area contributed by atoms with Crippen LogP contribution in [0, 0.1) is 5.41 Å². The SMILES string of the molecule is CCC(CC)(CNC1CC1)CN1CCC(OC)C1. The molecule has 3 heteroatoms. The lowest BCUT2D eigenvalue weighted by molar-refractivity contribution is 0.0939. The molecule has 1 aliphatic heterocycles. The van der Waals surface area contributed by atoms with Gasteiger partial charge in [0.15, 0.2) is 0 Å². The number of hydrogen-bond donors (Lipinski definition) is 1. The molecule has 1 heterocycles. The summed E-state index contributed by atoms with van der Waals surface area (Å²) in [5.41, 5.74) is 0.464. The summed E-state index contributed by atoms with van der Waals surface area (Å²) in [6.07, 6.45) is 7.00. The first-order valence-electron chi connectivity index (χ1n) is 7.70. The first kappa shape index (κ1) is 14.3. The van der Waals surface area contributed by atoms with Crippen molar-refractivity contribution >= 4 is 0 Å². The molecule has 106 valence electrons.